The lowest BCUT2D eigenvalue weighted by atomic mass is 10.1. The van der Waals surface area contributed by atoms with Crippen LogP contribution in [0.1, 0.15) is 24.0 Å². The van der Waals surface area contributed by atoms with Crippen molar-refractivity contribution < 1.29 is 4.79 Å². The van der Waals surface area contributed by atoms with Crippen LogP contribution in [0.25, 0.3) is 0 Å². The molecule has 0 aromatic carbocycles. The molecule has 8 heteroatoms. The van der Waals surface area contributed by atoms with Gasteiger partial charge in [-0.2, -0.15) is 5.26 Å². The van der Waals surface area contributed by atoms with Gasteiger partial charge in [0.05, 0.1) is 11.3 Å². The molecule has 0 radical (unpaired) electrons. The Kier molecular flexibility index (Phi) is 4.52. The Morgan fingerprint density at radius 1 is 1.14 bits per heavy atom. The number of nitriles is 1. The summed E-state index contributed by atoms with van der Waals surface area (Å²) in [6.07, 6.45) is 5.52. The number of carbonyl (C=O) groups is 1. The van der Waals surface area contributed by atoms with Crippen molar-refractivity contribution >= 4 is 23.2 Å². The van der Waals surface area contributed by atoms with Crippen LogP contribution in [0.5, 0.6) is 0 Å². The average molecular weight is 389 g/mol. The van der Waals surface area contributed by atoms with Gasteiger partial charge in [0.2, 0.25) is 5.91 Å². The maximum atomic E-state index is 12.3. The summed E-state index contributed by atoms with van der Waals surface area (Å²) in [4.78, 5) is 28.2. The van der Waals surface area contributed by atoms with Crippen LogP contribution >= 0.6 is 0 Å². The van der Waals surface area contributed by atoms with E-state index in [2.05, 4.69) is 42.1 Å². The topological polar surface area (TPSA) is 88.4 Å². The third kappa shape index (κ3) is 3.38. The van der Waals surface area contributed by atoms with E-state index in [1.165, 1.54) is 0 Å². The molecule has 148 valence electrons. The van der Waals surface area contributed by atoms with E-state index in [-0.39, 0.29) is 11.9 Å². The highest BCUT2D eigenvalue weighted by Crippen LogP contribution is 2.35. The maximum absolute atomic E-state index is 12.3. The molecule has 5 rings (SSSR count). The normalized spacial score (nSPS) is 21.3. The molecule has 0 spiro atoms. The second kappa shape index (κ2) is 7.33. The molecular weight excluding hydrogens is 366 g/mol. The maximum Gasteiger partial charge on any atom is 0.247 e. The Balaban J connectivity index is 1.22. The number of pyridine rings is 2. The molecule has 1 N–H and O–H groups in total. The summed E-state index contributed by atoms with van der Waals surface area (Å²) in [5, 5.41) is 12.0. The summed E-state index contributed by atoms with van der Waals surface area (Å²) in [6.45, 7) is 5.36. The van der Waals surface area contributed by atoms with Crippen molar-refractivity contribution in [2.45, 2.75) is 25.4 Å². The van der Waals surface area contributed by atoms with Crippen molar-refractivity contribution in [3.8, 4) is 6.07 Å². The number of piperazine rings is 1. The summed E-state index contributed by atoms with van der Waals surface area (Å²) < 4.78 is 0. The molecule has 0 unspecified atom stereocenters. The van der Waals surface area contributed by atoms with E-state index in [0.29, 0.717) is 5.56 Å². The second-order valence-corrected chi connectivity index (χ2v) is 7.84. The molecule has 2 saturated heterocycles. The highest BCUT2D eigenvalue weighted by molar-refractivity contribution is 6.03. The predicted octanol–water partition coefficient (Wildman–Crippen LogP) is 1.59. The van der Waals surface area contributed by atoms with Gasteiger partial charge >= 0.3 is 0 Å². The monoisotopic (exact) mass is 389 g/mol. The summed E-state index contributed by atoms with van der Waals surface area (Å²) in [6, 6.07) is 7.85. The number of carbonyl (C=O) groups excluding carboxylic acids is 1. The van der Waals surface area contributed by atoms with Crippen LogP contribution in [0.15, 0.2) is 30.6 Å². The number of hydrogen-bond donors (Lipinski definition) is 1. The fraction of sp³-hybridized carbons (Fsp3) is 0.429. The molecule has 8 nitrogen and oxygen atoms in total. The van der Waals surface area contributed by atoms with Crippen LogP contribution in [0.2, 0.25) is 0 Å². The van der Waals surface area contributed by atoms with Gasteiger partial charge in [-0.25, -0.2) is 9.97 Å². The molecule has 0 aliphatic carbocycles. The number of amides is 1. The Labute approximate surface area is 169 Å². The minimum atomic E-state index is -0.0511. The van der Waals surface area contributed by atoms with E-state index < -0.39 is 0 Å². The zero-order chi connectivity index (χ0) is 19.8. The first kappa shape index (κ1) is 17.9. The number of aromatic nitrogens is 2. The lowest BCUT2D eigenvalue weighted by molar-refractivity contribution is -0.117. The first-order valence-electron chi connectivity index (χ1n) is 10.1. The van der Waals surface area contributed by atoms with Crippen molar-refractivity contribution in [3.63, 3.8) is 0 Å². The van der Waals surface area contributed by atoms with E-state index in [9.17, 15) is 4.79 Å². The number of rotatable bonds is 3. The van der Waals surface area contributed by atoms with E-state index in [1.807, 2.05) is 18.3 Å². The largest absolute Gasteiger partial charge is 0.354 e. The van der Waals surface area contributed by atoms with Gasteiger partial charge in [0.15, 0.2) is 5.82 Å². The molecular formula is C21H23N7O. The van der Waals surface area contributed by atoms with Gasteiger partial charge in [-0.05, 0) is 36.6 Å². The van der Waals surface area contributed by atoms with Gasteiger partial charge in [0.25, 0.3) is 0 Å². The van der Waals surface area contributed by atoms with Gasteiger partial charge < -0.3 is 15.1 Å². The smallest absolute Gasteiger partial charge is 0.247 e. The number of nitrogens with one attached hydrogen (secondary N) is 1. The molecule has 1 atom stereocenters. The van der Waals surface area contributed by atoms with Crippen molar-refractivity contribution in [3.05, 3.63) is 41.7 Å². The molecule has 1 amide bonds. The van der Waals surface area contributed by atoms with E-state index in [4.69, 9.17) is 5.26 Å². The highest BCUT2D eigenvalue weighted by Gasteiger charge is 2.37. The first-order valence-corrected chi connectivity index (χ1v) is 10.1. The van der Waals surface area contributed by atoms with Crippen LogP contribution in [0, 0.1) is 11.3 Å². The number of hydrogen-bond acceptors (Lipinski definition) is 7. The predicted molar refractivity (Wildman–Crippen MR) is 110 cm³/mol. The van der Waals surface area contributed by atoms with Gasteiger partial charge in [-0.3, -0.25) is 9.69 Å². The molecule has 3 aliphatic heterocycles. The molecule has 2 aromatic heterocycles. The molecule has 2 fully saturated rings. The Hall–Kier alpha value is -3.18. The second-order valence-electron chi connectivity index (χ2n) is 7.84. The third-order valence-corrected chi connectivity index (χ3v) is 5.99. The van der Waals surface area contributed by atoms with Gasteiger partial charge in [0.1, 0.15) is 17.9 Å². The zero-order valence-corrected chi connectivity index (χ0v) is 16.2. The Morgan fingerprint density at radius 3 is 2.76 bits per heavy atom. The Bertz CT molecular complexity index is 960. The van der Waals surface area contributed by atoms with E-state index in [0.717, 1.165) is 75.0 Å². The number of anilines is 3. The van der Waals surface area contributed by atoms with Crippen molar-refractivity contribution in [1.82, 2.24) is 14.9 Å². The summed E-state index contributed by atoms with van der Waals surface area (Å²) in [7, 11) is 0. The van der Waals surface area contributed by atoms with Crippen LogP contribution in [0.4, 0.5) is 17.3 Å². The van der Waals surface area contributed by atoms with Gasteiger partial charge in [-0.15, -0.1) is 0 Å². The zero-order valence-electron chi connectivity index (χ0n) is 16.2. The van der Waals surface area contributed by atoms with E-state index >= 15 is 0 Å². The summed E-state index contributed by atoms with van der Waals surface area (Å²) in [5.41, 5.74) is 2.54. The van der Waals surface area contributed by atoms with Gasteiger partial charge in [0, 0.05) is 51.7 Å². The summed E-state index contributed by atoms with van der Waals surface area (Å²) >= 11 is 0. The summed E-state index contributed by atoms with van der Waals surface area (Å²) in [5.74, 6) is 1.92. The van der Waals surface area contributed by atoms with Crippen LogP contribution in [0.3, 0.4) is 0 Å². The lowest BCUT2D eigenvalue weighted by Gasteiger charge is -2.36. The van der Waals surface area contributed by atoms with Crippen molar-refractivity contribution in [1.29, 1.82) is 5.26 Å². The number of fused-ring (bicyclic) bond motifs is 3. The van der Waals surface area contributed by atoms with Crippen LogP contribution in [-0.2, 0) is 11.3 Å². The molecule has 0 saturated carbocycles. The minimum Gasteiger partial charge on any atom is -0.354 e. The van der Waals surface area contributed by atoms with Crippen molar-refractivity contribution in [2.75, 3.05) is 47.8 Å². The third-order valence-electron chi connectivity index (χ3n) is 5.99. The number of nitrogens with zero attached hydrogens (tertiary/aromatic N) is 6. The quantitative estimate of drug-likeness (QED) is 0.853. The molecule has 5 heterocycles. The Morgan fingerprint density at radius 2 is 2.00 bits per heavy atom. The fourth-order valence-electron chi connectivity index (χ4n) is 4.45. The lowest BCUT2D eigenvalue weighted by Crippen LogP contribution is -2.46. The molecule has 0 bridgehead atoms. The highest BCUT2D eigenvalue weighted by atomic mass is 16.2. The van der Waals surface area contributed by atoms with E-state index in [1.54, 1.807) is 6.20 Å². The fourth-order valence-corrected chi connectivity index (χ4v) is 4.45. The molecule has 2 aromatic rings. The first-order chi connectivity index (χ1) is 14.2. The molecule has 3 aliphatic rings. The van der Waals surface area contributed by atoms with Crippen LogP contribution < -0.4 is 15.1 Å². The minimum absolute atomic E-state index is 0.0511. The molecule has 29 heavy (non-hydrogen) atoms. The van der Waals surface area contributed by atoms with Crippen molar-refractivity contribution in [2.24, 2.45) is 0 Å². The van der Waals surface area contributed by atoms with Gasteiger partial charge in [-0.1, -0.05) is 0 Å². The van der Waals surface area contributed by atoms with Crippen LogP contribution in [-0.4, -0.2) is 59.5 Å². The standard InChI is InChI=1S/C21H23N7O/c22-11-15-3-4-19(23-12-15)27-8-6-26(7-9-27)14-16-10-17-20(24-13-16)28-5-1-2-18(28)21(29)25-17/h3-4,10,12-13,18H,1-2,5-9,14H2,(H,25,29)/t18-/m0/s1. The average Bonchev–Trinajstić information content (AvgIpc) is 3.25. The SMILES string of the molecule is N#Cc1ccc(N2CCN(Cc3cnc4c(c3)NC(=O)[C@@H]3CCCN43)CC2)nc1.